The van der Waals surface area contributed by atoms with Crippen LogP contribution in [-0.4, -0.2) is 81.8 Å². The summed E-state index contributed by atoms with van der Waals surface area (Å²) in [6.07, 6.45) is 6.58. The molecule has 0 saturated heterocycles. The van der Waals surface area contributed by atoms with E-state index in [9.17, 15) is 9.90 Å². The van der Waals surface area contributed by atoms with Crippen molar-refractivity contribution in [1.82, 2.24) is 24.8 Å². The molecule has 36 heavy (non-hydrogen) atoms. The van der Waals surface area contributed by atoms with Gasteiger partial charge in [-0.25, -0.2) is 15.0 Å². The van der Waals surface area contributed by atoms with E-state index >= 15 is 0 Å². The Labute approximate surface area is 211 Å². The van der Waals surface area contributed by atoms with E-state index < -0.39 is 0 Å². The zero-order chi connectivity index (χ0) is 25.7. The smallest absolute Gasteiger partial charge is 0.259 e. The zero-order valence-corrected chi connectivity index (χ0v) is 21.2. The number of amides is 1. The third kappa shape index (κ3) is 5.63. The molecule has 0 spiro atoms. The molecule has 9 nitrogen and oxygen atoms in total. The average molecular weight is 492 g/mol. The maximum atomic E-state index is 13.7. The molecule has 1 aliphatic rings. The number of carbonyl (C=O) groups is 1. The second-order valence-corrected chi connectivity index (χ2v) is 9.34. The first-order valence-corrected chi connectivity index (χ1v) is 12.1. The van der Waals surface area contributed by atoms with Crippen molar-refractivity contribution in [3.05, 3.63) is 66.4 Å². The highest BCUT2D eigenvalue weighted by atomic mass is 16.5. The predicted molar refractivity (Wildman–Crippen MR) is 136 cm³/mol. The Hall–Kier alpha value is -3.56. The number of hydrogen-bond donors (Lipinski definition) is 1. The van der Waals surface area contributed by atoms with Crippen LogP contribution in [0, 0.1) is 5.92 Å². The van der Waals surface area contributed by atoms with Gasteiger partial charge in [-0.2, -0.15) is 0 Å². The molecule has 3 heterocycles. The summed E-state index contributed by atoms with van der Waals surface area (Å²) in [6.45, 7) is 5.50. The first kappa shape index (κ1) is 25.5. The molecule has 0 bridgehead atoms. The lowest BCUT2D eigenvalue weighted by atomic mass is 9.99. The van der Waals surface area contributed by atoms with Crippen LogP contribution in [0.4, 0.5) is 0 Å². The summed E-state index contributed by atoms with van der Waals surface area (Å²) in [6, 6.07) is 9.07. The topological polar surface area (TPSA) is 101 Å². The molecule has 0 unspecified atom stereocenters. The van der Waals surface area contributed by atoms with Gasteiger partial charge in [0.25, 0.3) is 5.91 Å². The van der Waals surface area contributed by atoms with Gasteiger partial charge in [0.2, 0.25) is 5.88 Å². The van der Waals surface area contributed by atoms with E-state index in [1.54, 1.807) is 36.7 Å². The van der Waals surface area contributed by atoms with Gasteiger partial charge in [-0.1, -0.05) is 25.1 Å². The maximum Gasteiger partial charge on any atom is 0.259 e. The van der Waals surface area contributed by atoms with Crippen molar-refractivity contribution in [3.8, 4) is 22.8 Å². The van der Waals surface area contributed by atoms with Gasteiger partial charge < -0.3 is 19.5 Å². The Balaban J connectivity index is 1.68. The number of fused-ring (bicyclic) bond motifs is 1. The molecule has 0 fully saturated rings. The van der Waals surface area contributed by atoms with Crippen LogP contribution in [0.25, 0.3) is 11.1 Å². The molecule has 0 radical (unpaired) electrons. The maximum absolute atomic E-state index is 13.7. The highest BCUT2D eigenvalue weighted by Crippen LogP contribution is 2.34. The summed E-state index contributed by atoms with van der Waals surface area (Å²) in [5.74, 6) is 0.774. The number of rotatable bonds is 8. The minimum absolute atomic E-state index is 0.00117. The van der Waals surface area contributed by atoms with Crippen LogP contribution in [0.3, 0.4) is 0 Å². The van der Waals surface area contributed by atoms with E-state index in [2.05, 4.69) is 26.8 Å². The van der Waals surface area contributed by atoms with Crippen LogP contribution >= 0.6 is 0 Å². The van der Waals surface area contributed by atoms with Gasteiger partial charge in [-0.05, 0) is 26.1 Å². The van der Waals surface area contributed by atoms with E-state index in [1.165, 1.54) is 6.33 Å². The monoisotopic (exact) mass is 491 g/mol. The number of aliphatic hydroxyl groups is 1. The van der Waals surface area contributed by atoms with Crippen molar-refractivity contribution < 1.29 is 19.4 Å². The van der Waals surface area contributed by atoms with Gasteiger partial charge >= 0.3 is 0 Å². The minimum Gasteiger partial charge on any atom is -0.496 e. The van der Waals surface area contributed by atoms with E-state index in [0.717, 1.165) is 16.7 Å². The number of benzene rings is 1. The number of nitrogens with zero attached hydrogens (tertiary/aromatic N) is 5. The first-order chi connectivity index (χ1) is 17.4. The van der Waals surface area contributed by atoms with Crippen LogP contribution in [0.2, 0.25) is 0 Å². The molecule has 0 aliphatic carbocycles. The molecular formula is C27H33N5O4. The van der Waals surface area contributed by atoms with Crippen LogP contribution in [-0.2, 0) is 6.54 Å². The molecule has 3 atom stereocenters. The number of methoxy groups -OCH3 is 1. The van der Waals surface area contributed by atoms with Crippen molar-refractivity contribution in [2.45, 2.75) is 32.5 Å². The lowest BCUT2D eigenvalue weighted by Gasteiger charge is -2.37. The molecule has 1 N–H and O–H groups in total. The second kappa shape index (κ2) is 11.5. The van der Waals surface area contributed by atoms with Gasteiger partial charge in [0.05, 0.1) is 19.8 Å². The quantitative estimate of drug-likeness (QED) is 0.513. The number of aromatic nitrogens is 3. The average Bonchev–Trinajstić information content (AvgIpc) is 2.90. The molecule has 1 amide bonds. The number of hydrogen-bond acceptors (Lipinski definition) is 8. The van der Waals surface area contributed by atoms with E-state index in [1.807, 2.05) is 38.2 Å². The van der Waals surface area contributed by atoms with Gasteiger partial charge in [-0.15, -0.1) is 0 Å². The number of carbonyl (C=O) groups excluding carboxylic acids is 1. The zero-order valence-electron chi connectivity index (χ0n) is 21.2. The summed E-state index contributed by atoms with van der Waals surface area (Å²) >= 11 is 0. The fourth-order valence-corrected chi connectivity index (χ4v) is 4.45. The van der Waals surface area contributed by atoms with Crippen molar-refractivity contribution in [3.63, 3.8) is 0 Å². The predicted octanol–water partition coefficient (Wildman–Crippen LogP) is 2.90. The van der Waals surface area contributed by atoms with Gasteiger partial charge in [0.1, 0.15) is 23.7 Å². The number of ether oxygens (including phenoxy) is 2. The normalized spacial score (nSPS) is 18.7. The third-order valence-electron chi connectivity index (χ3n) is 6.50. The highest BCUT2D eigenvalue weighted by Gasteiger charge is 2.34. The lowest BCUT2D eigenvalue weighted by Crippen LogP contribution is -2.49. The van der Waals surface area contributed by atoms with Gasteiger partial charge in [0, 0.05) is 60.8 Å². The number of pyridine rings is 1. The van der Waals surface area contributed by atoms with Crippen LogP contribution in [0.1, 0.15) is 29.8 Å². The van der Waals surface area contributed by atoms with Crippen molar-refractivity contribution >= 4 is 5.91 Å². The largest absolute Gasteiger partial charge is 0.496 e. The Morgan fingerprint density at radius 2 is 1.97 bits per heavy atom. The summed E-state index contributed by atoms with van der Waals surface area (Å²) in [5.41, 5.74) is 2.96. The van der Waals surface area contributed by atoms with Crippen molar-refractivity contribution in [1.29, 1.82) is 0 Å². The summed E-state index contributed by atoms with van der Waals surface area (Å²) in [5, 5.41) is 9.90. The molecule has 2 aromatic heterocycles. The Morgan fingerprint density at radius 3 is 2.69 bits per heavy atom. The van der Waals surface area contributed by atoms with Crippen molar-refractivity contribution in [2.75, 3.05) is 33.9 Å². The molecule has 0 saturated carbocycles. The van der Waals surface area contributed by atoms with Crippen LogP contribution < -0.4 is 9.47 Å². The lowest BCUT2D eigenvalue weighted by molar-refractivity contribution is 0.0325. The van der Waals surface area contributed by atoms with Crippen LogP contribution in [0.15, 0.2) is 55.2 Å². The Morgan fingerprint density at radius 1 is 1.22 bits per heavy atom. The minimum atomic E-state index is -0.347. The van der Waals surface area contributed by atoms with E-state index in [4.69, 9.17) is 9.47 Å². The van der Waals surface area contributed by atoms with Crippen molar-refractivity contribution in [2.24, 2.45) is 5.92 Å². The van der Waals surface area contributed by atoms with Crippen LogP contribution in [0.5, 0.6) is 11.6 Å². The van der Waals surface area contributed by atoms with E-state index in [-0.39, 0.29) is 30.6 Å². The number of aliphatic hydroxyl groups excluding tert-OH is 1. The first-order valence-electron chi connectivity index (χ1n) is 12.1. The highest BCUT2D eigenvalue weighted by molar-refractivity contribution is 5.98. The molecular weight excluding hydrogens is 458 g/mol. The molecule has 9 heteroatoms. The second-order valence-electron chi connectivity index (χ2n) is 9.34. The number of likely N-dealkylation sites (N-methyl/N-ethyl adjacent to an activating group) is 1. The van der Waals surface area contributed by atoms with Gasteiger partial charge in [0.15, 0.2) is 0 Å². The molecule has 1 aromatic carbocycles. The Bertz CT molecular complexity index is 1180. The molecule has 1 aliphatic heterocycles. The Kier molecular flexibility index (Phi) is 8.12. The fraction of sp³-hybridized carbons (Fsp3) is 0.407. The fourth-order valence-electron chi connectivity index (χ4n) is 4.45. The summed E-state index contributed by atoms with van der Waals surface area (Å²) in [4.78, 5) is 30.3. The summed E-state index contributed by atoms with van der Waals surface area (Å²) < 4.78 is 11.9. The summed E-state index contributed by atoms with van der Waals surface area (Å²) in [7, 11) is 3.63. The van der Waals surface area contributed by atoms with Gasteiger partial charge in [-0.3, -0.25) is 9.69 Å². The molecule has 4 rings (SSSR count). The van der Waals surface area contributed by atoms with E-state index in [0.29, 0.717) is 36.8 Å². The molecule has 3 aromatic rings. The SMILES string of the molecule is COc1ccccc1-c1cnc2c(c1)C(=O)N([C@@H](C)CO)C[C@H](C)[C@@H](CN(C)Cc1cncnc1)O2. The molecule has 190 valence electrons. The standard InChI is InChI=1S/C27H33N5O4/c1-18-13-32(19(2)16-33)27(34)23-9-21(22-7-5-6-8-24(22)35-4)12-30-26(23)36-25(18)15-31(3)14-20-10-28-17-29-11-20/h5-12,17-19,25,33H,13-16H2,1-4H3/t18-,19-,25+/m0/s1. The third-order valence-corrected chi connectivity index (χ3v) is 6.50. The number of para-hydroxylation sites is 1.